The first-order valence-corrected chi connectivity index (χ1v) is 18.2. The summed E-state index contributed by atoms with van der Waals surface area (Å²) >= 11 is 0. The number of rotatable bonds is 17. The zero-order valence-corrected chi connectivity index (χ0v) is 29.9. The van der Waals surface area contributed by atoms with Gasteiger partial charge in [-0.25, -0.2) is 0 Å². The Morgan fingerprint density at radius 3 is 1.62 bits per heavy atom. The van der Waals surface area contributed by atoms with E-state index in [9.17, 15) is 9.59 Å². The van der Waals surface area contributed by atoms with Gasteiger partial charge in [-0.15, -0.1) is 20.4 Å². The van der Waals surface area contributed by atoms with Gasteiger partial charge in [0.25, 0.3) is 0 Å². The minimum atomic E-state index is -0.103. The fourth-order valence-corrected chi connectivity index (χ4v) is 6.56. The zero-order valence-electron chi connectivity index (χ0n) is 29.9. The van der Waals surface area contributed by atoms with Gasteiger partial charge in [-0.3, -0.25) is 9.59 Å². The van der Waals surface area contributed by atoms with Crippen LogP contribution < -0.4 is 20.1 Å². The summed E-state index contributed by atoms with van der Waals surface area (Å²) in [5, 5.41) is 31.2. The van der Waals surface area contributed by atoms with Crippen LogP contribution in [0.5, 0.6) is 11.5 Å². The first-order valence-electron chi connectivity index (χ1n) is 18.2. The molecule has 4 aromatic rings. The molecule has 6 rings (SSSR count). The third-order valence-corrected chi connectivity index (χ3v) is 9.59. The second-order valence-corrected chi connectivity index (χ2v) is 13.5. The largest absolute Gasteiger partial charge is 0.491 e. The molecule has 278 valence electrons. The fourth-order valence-electron chi connectivity index (χ4n) is 6.56. The summed E-state index contributed by atoms with van der Waals surface area (Å²) in [5.41, 5.74) is 1.52. The van der Waals surface area contributed by atoms with Gasteiger partial charge in [-0.2, -0.15) is 9.59 Å². The number of nitrogens with one attached hydrogen (secondary N) is 2. The molecule has 4 atom stereocenters. The summed E-state index contributed by atoms with van der Waals surface area (Å²) in [6.45, 7) is 5.14. The average Bonchev–Trinajstić information content (AvgIpc) is 3.82. The van der Waals surface area contributed by atoms with E-state index in [0.717, 1.165) is 49.7 Å². The van der Waals surface area contributed by atoms with Crippen molar-refractivity contribution in [3.63, 3.8) is 0 Å². The van der Waals surface area contributed by atoms with Crippen LogP contribution >= 0.6 is 0 Å². The van der Waals surface area contributed by atoms with Crippen LogP contribution in [0.25, 0.3) is 22.8 Å². The van der Waals surface area contributed by atoms with Crippen molar-refractivity contribution in [2.75, 3.05) is 26.8 Å². The summed E-state index contributed by atoms with van der Waals surface area (Å²) in [5.74, 6) is 2.90. The zero-order chi connectivity index (χ0) is 36.1. The standard InChI is InChI=1S/C36H48N10O6/c1-25-7-3-5-9-31(25)37-33(47)21-45-41-35(39-43-45)27-11-15-29(16-12-27)51-20-19-49-23-50-24-52-30-17-13-28(14-18-30)36-40-44-46(42-36)22-34(48)38-32-10-6-4-8-26(32)2/h11-18,25-26,31-32H,3-10,19-24H2,1-2H3,(H,37,47)(H,38,48). The van der Waals surface area contributed by atoms with Gasteiger partial charge in [0.1, 0.15) is 31.2 Å². The molecule has 2 heterocycles. The van der Waals surface area contributed by atoms with E-state index in [1.54, 1.807) is 12.1 Å². The van der Waals surface area contributed by atoms with E-state index in [0.29, 0.717) is 48.2 Å². The molecule has 0 bridgehead atoms. The molecule has 2 aliphatic carbocycles. The molecule has 2 N–H and O–H groups in total. The molecule has 4 unspecified atom stereocenters. The van der Waals surface area contributed by atoms with E-state index in [-0.39, 0.29) is 50.6 Å². The number of benzene rings is 2. The van der Waals surface area contributed by atoms with Crippen molar-refractivity contribution in [1.29, 1.82) is 0 Å². The summed E-state index contributed by atoms with van der Waals surface area (Å²) in [7, 11) is 0. The van der Waals surface area contributed by atoms with Crippen LogP contribution in [0.3, 0.4) is 0 Å². The minimum absolute atomic E-state index is 0.00781. The van der Waals surface area contributed by atoms with Crippen molar-refractivity contribution in [2.24, 2.45) is 11.8 Å². The number of hydrogen-bond acceptors (Lipinski definition) is 12. The second kappa shape index (κ2) is 18.5. The number of aromatic nitrogens is 8. The van der Waals surface area contributed by atoms with Crippen molar-refractivity contribution >= 4 is 11.8 Å². The maximum Gasteiger partial charge on any atom is 0.243 e. The summed E-state index contributed by atoms with van der Waals surface area (Å²) < 4.78 is 22.3. The lowest BCUT2D eigenvalue weighted by molar-refractivity contribution is -0.124. The average molecular weight is 717 g/mol. The Kier molecular flexibility index (Phi) is 13.1. The minimum Gasteiger partial charge on any atom is -0.491 e. The molecule has 2 aliphatic rings. The van der Waals surface area contributed by atoms with E-state index in [2.05, 4.69) is 55.3 Å². The van der Waals surface area contributed by atoms with Crippen LogP contribution in [-0.4, -0.2) is 91.1 Å². The van der Waals surface area contributed by atoms with Gasteiger partial charge in [0, 0.05) is 23.2 Å². The maximum atomic E-state index is 12.5. The lowest BCUT2D eigenvalue weighted by Crippen LogP contribution is -2.42. The number of tetrazole rings is 2. The van der Waals surface area contributed by atoms with Crippen LogP contribution in [0.4, 0.5) is 0 Å². The molecule has 2 aromatic heterocycles. The summed E-state index contributed by atoms with van der Waals surface area (Å²) in [4.78, 5) is 27.6. The predicted molar refractivity (Wildman–Crippen MR) is 189 cm³/mol. The Labute approximate surface area is 302 Å². The van der Waals surface area contributed by atoms with Crippen LogP contribution in [0.2, 0.25) is 0 Å². The van der Waals surface area contributed by atoms with Gasteiger partial charge in [0.05, 0.1) is 6.61 Å². The van der Waals surface area contributed by atoms with Gasteiger partial charge in [0.15, 0.2) is 13.6 Å². The lowest BCUT2D eigenvalue weighted by atomic mass is 9.86. The summed E-state index contributed by atoms with van der Waals surface area (Å²) in [6.07, 6.45) is 9.04. The number of nitrogens with zero attached hydrogens (tertiary/aromatic N) is 8. The molecule has 0 spiro atoms. The second-order valence-electron chi connectivity index (χ2n) is 13.5. The van der Waals surface area contributed by atoms with Gasteiger partial charge in [-0.05, 0) is 96.5 Å². The van der Waals surface area contributed by atoms with Crippen LogP contribution in [0, 0.1) is 11.8 Å². The van der Waals surface area contributed by atoms with Crippen LogP contribution in [0.15, 0.2) is 48.5 Å². The maximum absolute atomic E-state index is 12.5. The van der Waals surface area contributed by atoms with Crippen molar-refractivity contribution in [2.45, 2.75) is 90.4 Å². The number of carbonyl (C=O) groups is 2. The first-order chi connectivity index (χ1) is 25.4. The molecule has 0 aliphatic heterocycles. The molecule has 2 aromatic carbocycles. The highest BCUT2D eigenvalue weighted by Crippen LogP contribution is 2.25. The molecular weight excluding hydrogens is 668 g/mol. The van der Waals surface area contributed by atoms with Crippen LogP contribution in [0.1, 0.15) is 65.2 Å². The normalized spacial score (nSPS) is 20.3. The highest BCUT2D eigenvalue weighted by Gasteiger charge is 2.24. The van der Waals surface area contributed by atoms with E-state index in [1.165, 1.54) is 22.4 Å². The Morgan fingerprint density at radius 2 is 1.12 bits per heavy atom. The van der Waals surface area contributed by atoms with Gasteiger partial charge in [-0.1, -0.05) is 39.5 Å². The third-order valence-electron chi connectivity index (χ3n) is 9.59. The molecule has 2 fully saturated rings. The lowest BCUT2D eigenvalue weighted by Gasteiger charge is -2.29. The molecule has 16 nitrogen and oxygen atoms in total. The number of hydrogen-bond donors (Lipinski definition) is 2. The molecule has 0 radical (unpaired) electrons. The topological polar surface area (TPSA) is 182 Å². The van der Waals surface area contributed by atoms with E-state index in [4.69, 9.17) is 18.9 Å². The molecular formula is C36H48N10O6. The van der Waals surface area contributed by atoms with Gasteiger partial charge < -0.3 is 29.6 Å². The number of amides is 2. The van der Waals surface area contributed by atoms with E-state index < -0.39 is 0 Å². The number of carbonyl (C=O) groups excluding carboxylic acids is 2. The van der Waals surface area contributed by atoms with Crippen molar-refractivity contribution in [1.82, 2.24) is 51.0 Å². The van der Waals surface area contributed by atoms with E-state index >= 15 is 0 Å². The van der Waals surface area contributed by atoms with Crippen molar-refractivity contribution in [3.05, 3.63) is 48.5 Å². The smallest absolute Gasteiger partial charge is 0.243 e. The highest BCUT2D eigenvalue weighted by atomic mass is 16.7. The molecule has 16 heteroatoms. The Hall–Kier alpha value is -4.96. The van der Waals surface area contributed by atoms with Gasteiger partial charge >= 0.3 is 0 Å². The molecule has 2 saturated carbocycles. The van der Waals surface area contributed by atoms with Crippen LogP contribution in [-0.2, 0) is 32.2 Å². The molecule has 2 amide bonds. The SMILES string of the molecule is CC1CCCCC1NC(=O)Cn1nnc(-c2ccc(OCCOCOCOc3ccc(-c4nnn(CC(=O)NC5CCCCC5C)n4)cc3)cc2)n1. The van der Waals surface area contributed by atoms with Crippen molar-refractivity contribution < 1.29 is 28.5 Å². The van der Waals surface area contributed by atoms with E-state index in [1.807, 2.05) is 36.4 Å². The van der Waals surface area contributed by atoms with Crippen molar-refractivity contribution in [3.8, 4) is 34.3 Å². The molecule has 52 heavy (non-hydrogen) atoms. The van der Waals surface area contributed by atoms with Gasteiger partial charge in [0.2, 0.25) is 23.5 Å². The Morgan fingerprint density at radius 1 is 0.635 bits per heavy atom. The fraction of sp³-hybridized carbons (Fsp3) is 0.556. The highest BCUT2D eigenvalue weighted by molar-refractivity contribution is 5.76. The quantitative estimate of drug-likeness (QED) is 0.119. The number of ether oxygens (including phenoxy) is 4. The first kappa shape index (κ1) is 36.8. The summed E-state index contributed by atoms with van der Waals surface area (Å²) in [6, 6.07) is 14.9. The Bertz CT molecular complexity index is 1590. The Balaban J connectivity index is 0.822. The molecule has 0 saturated heterocycles. The monoisotopic (exact) mass is 716 g/mol. The predicted octanol–water partition coefficient (Wildman–Crippen LogP) is 3.79. The third kappa shape index (κ3) is 10.8.